The molecular weight excluding hydrogens is 331 g/mol. The zero-order chi connectivity index (χ0) is 17.9. The summed E-state index contributed by atoms with van der Waals surface area (Å²) in [6, 6.07) is 12.5. The summed E-state index contributed by atoms with van der Waals surface area (Å²) in [6.45, 7) is 4.37. The Morgan fingerprint density at radius 3 is 2.58 bits per heavy atom. The van der Waals surface area contributed by atoms with E-state index in [2.05, 4.69) is 57.1 Å². The predicted octanol–water partition coefficient (Wildman–Crippen LogP) is 3.10. The third kappa shape index (κ3) is 3.60. The topological polar surface area (TPSA) is 41.5 Å². The normalized spacial score (nSPS) is 15.4. The summed E-state index contributed by atoms with van der Waals surface area (Å²) in [7, 11) is 2.16. The highest BCUT2D eigenvalue weighted by Crippen LogP contribution is 2.31. The number of hydrogen-bond donors (Lipinski definition) is 0. The van der Waals surface area contributed by atoms with Crippen LogP contribution in [0.15, 0.2) is 48.8 Å². The Kier molecular flexibility index (Phi) is 4.67. The van der Waals surface area contributed by atoms with Crippen LogP contribution in [0, 0.1) is 5.82 Å². The first-order valence-corrected chi connectivity index (χ1v) is 8.74. The van der Waals surface area contributed by atoms with E-state index >= 15 is 0 Å². The summed E-state index contributed by atoms with van der Waals surface area (Å²) in [5, 5.41) is 2.36. The molecule has 0 aliphatic carbocycles. The van der Waals surface area contributed by atoms with Crippen LogP contribution in [0.3, 0.4) is 0 Å². The highest BCUT2D eigenvalue weighted by atomic mass is 19.1. The monoisotopic (exact) mass is 352 g/mol. The molecule has 1 aliphatic heterocycles. The number of ether oxygens (including phenoxy) is 1. The van der Waals surface area contributed by atoms with Crippen molar-refractivity contribution in [1.82, 2.24) is 14.9 Å². The molecule has 0 atom stereocenters. The molecule has 2 aromatic carbocycles. The molecule has 26 heavy (non-hydrogen) atoms. The summed E-state index contributed by atoms with van der Waals surface area (Å²) < 4.78 is 18.7. The molecule has 0 bridgehead atoms. The Morgan fingerprint density at radius 2 is 1.81 bits per heavy atom. The lowest BCUT2D eigenvalue weighted by atomic mass is 10.1. The number of piperazine rings is 1. The van der Waals surface area contributed by atoms with E-state index in [-0.39, 0.29) is 6.61 Å². The molecule has 0 saturated carbocycles. The third-order valence-electron chi connectivity index (χ3n) is 4.72. The first-order chi connectivity index (χ1) is 12.7. The molecule has 0 N–H and O–H groups in total. The fraction of sp³-hybridized carbons (Fsp3) is 0.300. The molecule has 6 heteroatoms. The van der Waals surface area contributed by atoms with Crippen molar-refractivity contribution in [2.45, 2.75) is 6.61 Å². The van der Waals surface area contributed by atoms with Crippen molar-refractivity contribution >= 4 is 16.5 Å². The first-order valence-electron chi connectivity index (χ1n) is 8.74. The summed E-state index contributed by atoms with van der Waals surface area (Å²) in [4.78, 5) is 12.6. The predicted molar refractivity (Wildman–Crippen MR) is 100.0 cm³/mol. The maximum absolute atomic E-state index is 12.9. The van der Waals surface area contributed by atoms with Gasteiger partial charge in [-0.1, -0.05) is 18.2 Å². The Labute approximate surface area is 152 Å². The van der Waals surface area contributed by atoms with Crippen LogP contribution in [0.2, 0.25) is 0 Å². The molecule has 0 unspecified atom stereocenters. The van der Waals surface area contributed by atoms with Crippen LogP contribution in [0.5, 0.6) is 5.75 Å². The lowest BCUT2D eigenvalue weighted by molar-refractivity contribution is 0.295. The zero-order valence-corrected chi connectivity index (χ0v) is 14.7. The second-order valence-electron chi connectivity index (χ2n) is 6.56. The maximum atomic E-state index is 12.9. The molecule has 0 radical (unpaired) electrons. The van der Waals surface area contributed by atoms with E-state index < -0.39 is 5.82 Å². The molecule has 1 aliphatic rings. The second kappa shape index (κ2) is 7.25. The van der Waals surface area contributed by atoms with Gasteiger partial charge in [-0.3, -0.25) is 0 Å². The van der Waals surface area contributed by atoms with Crippen molar-refractivity contribution in [3.05, 3.63) is 60.4 Å². The molecule has 2 heterocycles. The van der Waals surface area contributed by atoms with Crippen LogP contribution in [0.4, 0.5) is 10.1 Å². The van der Waals surface area contributed by atoms with Crippen LogP contribution in [-0.2, 0) is 6.61 Å². The van der Waals surface area contributed by atoms with Gasteiger partial charge in [-0.15, -0.1) is 0 Å². The van der Waals surface area contributed by atoms with Crippen molar-refractivity contribution in [3.8, 4) is 5.75 Å². The molecule has 4 rings (SSSR count). The Balaban J connectivity index is 1.57. The van der Waals surface area contributed by atoms with E-state index in [0.717, 1.165) is 44.3 Å². The molecule has 0 amide bonds. The number of fused-ring (bicyclic) bond motifs is 1. The van der Waals surface area contributed by atoms with Crippen LogP contribution < -0.4 is 9.64 Å². The molecule has 134 valence electrons. The van der Waals surface area contributed by atoms with Gasteiger partial charge in [0.15, 0.2) is 11.6 Å². The first kappa shape index (κ1) is 16.7. The number of anilines is 1. The van der Waals surface area contributed by atoms with Gasteiger partial charge in [0.25, 0.3) is 0 Å². The smallest absolute Gasteiger partial charge is 0.166 e. The summed E-state index contributed by atoms with van der Waals surface area (Å²) in [5.41, 5.74) is 1.24. The van der Waals surface area contributed by atoms with E-state index in [4.69, 9.17) is 4.74 Å². The van der Waals surface area contributed by atoms with Crippen molar-refractivity contribution in [3.63, 3.8) is 0 Å². The summed E-state index contributed by atoms with van der Waals surface area (Å²) >= 11 is 0. The van der Waals surface area contributed by atoms with Crippen LogP contribution in [-0.4, -0.2) is 48.1 Å². The van der Waals surface area contributed by atoms with Crippen molar-refractivity contribution in [2.75, 3.05) is 38.1 Å². The SMILES string of the molecule is CN1CCN(c2cccc3ccc(OCc4ncc(F)cn4)cc23)CC1. The Morgan fingerprint density at radius 1 is 1.04 bits per heavy atom. The molecule has 1 saturated heterocycles. The fourth-order valence-corrected chi connectivity index (χ4v) is 3.21. The summed E-state index contributed by atoms with van der Waals surface area (Å²) in [6.07, 6.45) is 2.30. The molecule has 0 spiro atoms. The van der Waals surface area contributed by atoms with Crippen molar-refractivity contribution in [2.24, 2.45) is 0 Å². The third-order valence-corrected chi connectivity index (χ3v) is 4.72. The minimum Gasteiger partial charge on any atom is -0.486 e. The number of aromatic nitrogens is 2. The lowest BCUT2D eigenvalue weighted by Gasteiger charge is -2.34. The molecule has 1 fully saturated rings. The van der Waals surface area contributed by atoms with Gasteiger partial charge in [0, 0.05) is 37.3 Å². The van der Waals surface area contributed by atoms with Crippen LogP contribution in [0.25, 0.3) is 10.8 Å². The standard InChI is InChI=1S/C20H21FN4O/c1-24-7-9-25(10-8-24)19-4-2-3-15-5-6-17(11-18(15)19)26-14-20-22-12-16(21)13-23-20/h2-6,11-13H,7-10,14H2,1H3. The molecular formula is C20H21FN4O. The maximum Gasteiger partial charge on any atom is 0.166 e. The van der Waals surface area contributed by atoms with Crippen LogP contribution >= 0.6 is 0 Å². The number of benzene rings is 2. The van der Waals surface area contributed by atoms with E-state index in [9.17, 15) is 4.39 Å². The van der Waals surface area contributed by atoms with E-state index in [1.165, 1.54) is 16.5 Å². The quantitative estimate of drug-likeness (QED) is 0.722. The van der Waals surface area contributed by atoms with E-state index in [1.807, 2.05) is 6.07 Å². The molecule has 3 aromatic rings. The zero-order valence-electron chi connectivity index (χ0n) is 14.7. The molecule has 1 aromatic heterocycles. The van der Waals surface area contributed by atoms with Crippen LogP contribution in [0.1, 0.15) is 5.82 Å². The minimum absolute atomic E-state index is 0.211. The van der Waals surface area contributed by atoms with Gasteiger partial charge in [0.1, 0.15) is 12.4 Å². The number of likely N-dealkylation sites (N-methyl/N-ethyl adjacent to an activating group) is 1. The largest absolute Gasteiger partial charge is 0.486 e. The number of rotatable bonds is 4. The van der Waals surface area contributed by atoms with Gasteiger partial charge in [-0.25, -0.2) is 14.4 Å². The van der Waals surface area contributed by atoms with Crippen molar-refractivity contribution < 1.29 is 9.13 Å². The average molecular weight is 352 g/mol. The second-order valence-corrected chi connectivity index (χ2v) is 6.56. The van der Waals surface area contributed by atoms with Gasteiger partial charge in [0.05, 0.1) is 12.4 Å². The van der Waals surface area contributed by atoms with E-state index in [1.54, 1.807) is 0 Å². The Hall–Kier alpha value is -2.73. The number of nitrogens with zero attached hydrogens (tertiary/aromatic N) is 4. The minimum atomic E-state index is -0.448. The highest BCUT2D eigenvalue weighted by Gasteiger charge is 2.16. The lowest BCUT2D eigenvalue weighted by Crippen LogP contribution is -2.44. The van der Waals surface area contributed by atoms with Crippen molar-refractivity contribution in [1.29, 1.82) is 0 Å². The summed E-state index contributed by atoms with van der Waals surface area (Å²) in [5.74, 6) is 0.766. The number of halogens is 1. The Bertz CT molecular complexity index is 892. The number of hydrogen-bond acceptors (Lipinski definition) is 5. The van der Waals surface area contributed by atoms with Gasteiger partial charge in [0.2, 0.25) is 0 Å². The van der Waals surface area contributed by atoms with Gasteiger partial charge < -0.3 is 14.5 Å². The average Bonchev–Trinajstić information content (AvgIpc) is 2.68. The van der Waals surface area contributed by atoms with Gasteiger partial charge in [-0.2, -0.15) is 0 Å². The highest BCUT2D eigenvalue weighted by molar-refractivity contribution is 5.95. The van der Waals surface area contributed by atoms with Gasteiger partial charge >= 0.3 is 0 Å². The van der Waals surface area contributed by atoms with E-state index in [0.29, 0.717) is 5.82 Å². The fourth-order valence-electron chi connectivity index (χ4n) is 3.21. The van der Waals surface area contributed by atoms with Gasteiger partial charge in [-0.05, 0) is 30.6 Å². The molecule has 5 nitrogen and oxygen atoms in total.